The largest absolute Gasteiger partial charge is 0.494 e. The molecule has 1 unspecified atom stereocenters. The second-order valence-corrected chi connectivity index (χ2v) is 15.7. The normalized spacial score (nSPS) is 15.7. The fourth-order valence-corrected chi connectivity index (χ4v) is 8.85. The summed E-state index contributed by atoms with van der Waals surface area (Å²) in [5.41, 5.74) is 10.8. The summed E-state index contributed by atoms with van der Waals surface area (Å²) in [7, 11) is 5.31. The second-order valence-electron chi connectivity index (χ2n) is 14.9. The third-order valence-electron chi connectivity index (χ3n) is 11.1. The van der Waals surface area contributed by atoms with Gasteiger partial charge in [0.1, 0.15) is 11.4 Å². The number of nitrogens with zero attached hydrogens (tertiary/aromatic N) is 5. The number of halogens is 2. The zero-order chi connectivity index (χ0) is 40.2. The number of carboxylic acid groups (broad SMARTS) is 1. The number of anilines is 1. The molecule has 1 aliphatic rings. The number of aromatic nitrogens is 4. The molecule has 11 nitrogen and oxygen atoms in total. The maximum atomic E-state index is 12.8. The first-order chi connectivity index (χ1) is 26.7. The lowest BCUT2D eigenvalue weighted by atomic mass is 9.98. The number of benzene rings is 3. The van der Waals surface area contributed by atoms with E-state index in [1.54, 1.807) is 24.8 Å². The van der Waals surface area contributed by atoms with Crippen LogP contribution in [-0.2, 0) is 36.6 Å². The van der Waals surface area contributed by atoms with Gasteiger partial charge in [0.25, 0.3) is 0 Å². The molecule has 0 bridgehead atoms. The fourth-order valence-electron chi connectivity index (χ4n) is 8.49. The van der Waals surface area contributed by atoms with Crippen LogP contribution in [-0.4, -0.2) is 68.6 Å². The van der Waals surface area contributed by atoms with Gasteiger partial charge in [-0.1, -0.05) is 29.3 Å². The monoisotopic (exact) mass is 801 g/mol. The maximum Gasteiger partial charge on any atom is 0.352 e. The topological polar surface area (TPSA) is 116 Å². The molecular weight excluding hydrogens is 753 g/mol. The highest BCUT2D eigenvalue weighted by Gasteiger charge is 2.38. The average Bonchev–Trinajstić information content (AvgIpc) is 3.76. The van der Waals surface area contributed by atoms with Crippen LogP contribution in [0.15, 0.2) is 42.5 Å². The van der Waals surface area contributed by atoms with Gasteiger partial charge in [0.2, 0.25) is 0 Å². The molecule has 3 aromatic carbocycles. The predicted octanol–water partition coefficient (Wildman–Crippen LogP) is 9.02. The van der Waals surface area contributed by atoms with E-state index in [0.29, 0.717) is 56.4 Å². The first kappa shape index (κ1) is 39.7. The molecule has 56 heavy (non-hydrogen) atoms. The van der Waals surface area contributed by atoms with Crippen molar-refractivity contribution >= 4 is 56.7 Å². The van der Waals surface area contributed by atoms with Crippen molar-refractivity contribution in [3.63, 3.8) is 0 Å². The first-order valence-corrected chi connectivity index (χ1v) is 19.6. The molecule has 0 saturated carbocycles. The number of rotatable bonds is 13. The molecule has 4 heterocycles. The van der Waals surface area contributed by atoms with E-state index in [0.717, 1.165) is 83.2 Å². The third kappa shape index (κ3) is 6.94. The van der Waals surface area contributed by atoms with Crippen molar-refractivity contribution in [3.05, 3.63) is 97.5 Å². The summed E-state index contributed by atoms with van der Waals surface area (Å²) in [5.74, 6) is -0.262. The summed E-state index contributed by atoms with van der Waals surface area (Å²) >= 11 is 13.6. The first-order valence-electron chi connectivity index (χ1n) is 18.9. The van der Waals surface area contributed by atoms with Gasteiger partial charge in [0.15, 0.2) is 6.23 Å². The van der Waals surface area contributed by atoms with Crippen LogP contribution in [0.5, 0.6) is 5.75 Å². The minimum Gasteiger partial charge on any atom is -0.494 e. The second kappa shape index (κ2) is 15.8. The highest BCUT2D eigenvalue weighted by molar-refractivity contribution is 6.35. The number of aryl methyl sites for hydroxylation is 6. The van der Waals surface area contributed by atoms with Crippen LogP contribution in [0.25, 0.3) is 32.9 Å². The Morgan fingerprint density at radius 1 is 0.964 bits per heavy atom. The van der Waals surface area contributed by atoms with E-state index in [4.69, 9.17) is 42.5 Å². The third-order valence-corrected chi connectivity index (χ3v) is 12.0. The molecule has 0 fully saturated rings. The summed E-state index contributed by atoms with van der Waals surface area (Å²) in [4.78, 5) is 14.4. The van der Waals surface area contributed by atoms with Crippen LogP contribution in [0.2, 0.25) is 10.0 Å². The van der Waals surface area contributed by atoms with Gasteiger partial charge in [0, 0.05) is 66.4 Å². The van der Waals surface area contributed by atoms with Crippen molar-refractivity contribution < 1.29 is 29.2 Å². The van der Waals surface area contributed by atoms with Crippen LogP contribution < -0.4 is 9.64 Å². The van der Waals surface area contributed by atoms with Crippen LogP contribution in [0.3, 0.4) is 0 Å². The number of aliphatic hydroxyl groups is 1. The molecular formula is C43H49Cl2N5O6. The number of carbonyl (C=O) groups is 1. The lowest BCUT2D eigenvalue weighted by Gasteiger charge is -2.40. The SMILES string of the molecule is COCCOCc1cc(N2C[C@@H](C)n3c(c(CCCOc4cc(C)c(Cl)c(C)c4)c4ccc(Cl)c(-c5c(C)nn(C)c5C)c43)C2O)c2c(c1)cc(C(=O)O)n2C. The van der Waals surface area contributed by atoms with Gasteiger partial charge in [-0.15, -0.1) is 0 Å². The number of methoxy groups -OCH3 is 1. The maximum absolute atomic E-state index is 12.8. The van der Waals surface area contributed by atoms with Crippen molar-refractivity contribution in [1.29, 1.82) is 0 Å². The quantitative estimate of drug-likeness (QED) is 0.111. The van der Waals surface area contributed by atoms with Gasteiger partial charge in [-0.2, -0.15) is 5.10 Å². The van der Waals surface area contributed by atoms with Gasteiger partial charge in [-0.25, -0.2) is 4.79 Å². The average molecular weight is 803 g/mol. The van der Waals surface area contributed by atoms with E-state index in [9.17, 15) is 15.0 Å². The van der Waals surface area contributed by atoms with Gasteiger partial charge in [-0.05, 0) is 106 Å². The summed E-state index contributed by atoms with van der Waals surface area (Å²) in [6.45, 7) is 12.2. The highest BCUT2D eigenvalue weighted by atomic mass is 35.5. The zero-order valence-corrected chi connectivity index (χ0v) is 34.7. The summed E-state index contributed by atoms with van der Waals surface area (Å²) in [5, 5.41) is 30.7. The summed E-state index contributed by atoms with van der Waals surface area (Å²) in [6.07, 6.45) is 0.203. The Hall–Kier alpha value is -4.52. The van der Waals surface area contributed by atoms with E-state index in [1.165, 1.54) is 0 Å². The van der Waals surface area contributed by atoms with Crippen molar-refractivity contribution in [2.75, 3.05) is 38.4 Å². The molecule has 0 radical (unpaired) electrons. The van der Waals surface area contributed by atoms with Crippen molar-refractivity contribution in [2.24, 2.45) is 14.1 Å². The molecule has 7 rings (SSSR count). The Kier molecular flexibility index (Phi) is 11.2. The molecule has 2 atom stereocenters. The molecule has 13 heteroatoms. The minimum absolute atomic E-state index is 0.133. The molecule has 6 aromatic rings. The molecule has 0 aliphatic carbocycles. The number of fused-ring (bicyclic) bond motifs is 4. The lowest BCUT2D eigenvalue weighted by molar-refractivity contribution is 0.0617. The van der Waals surface area contributed by atoms with E-state index in [2.05, 4.69) is 17.6 Å². The van der Waals surface area contributed by atoms with Crippen LogP contribution >= 0.6 is 23.2 Å². The molecule has 0 saturated heterocycles. The Bertz CT molecular complexity index is 2460. The van der Waals surface area contributed by atoms with E-state index >= 15 is 0 Å². The van der Waals surface area contributed by atoms with Gasteiger partial charge in [-0.3, -0.25) is 4.68 Å². The Morgan fingerprint density at radius 3 is 2.36 bits per heavy atom. The van der Waals surface area contributed by atoms with Gasteiger partial charge >= 0.3 is 5.97 Å². The number of hydrogen-bond acceptors (Lipinski definition) is 7. The fraction of sp³-hybridized carbons (Fsp3) is 0.395. The number of carboxylic acids is 1. The molecule has 296 valence electrons. The van der Waals surface area contributed by atoms with Crippen LogP contribution in [0.1, 0.15) is 75.4 Å². The van der Waals surface area contributed by atoms with Crippen molar-refractivity contribution in [3.8, 4) is 16.9 Å². The molecule has 0 spiro atoms. The summed E-state index contributed by atoms with van der Waals surface area (Å²) in [6, 6.07) is 13.4. The van der Waals surface area contributed by atoms with Crippen molar-refractivity contribution in [2.45, 2.75) is 66.3 Å². The Labute approximate surface area is 336 Å². The summed E-state index contributed by atoms with van der Waals surface area (Å²) < 4.78 is 23.2. The van der Waals surface area contributed by atoms with E-state index in [1.807, 2.05) is 74.7 Å². The van der Waals surface area contributed by atoms with Crippen LogP contribution in [0, 0.1) is 27.7 Å². The standard InChI is InChI=1S/C43H49Cl2N5O6/c1-23-16-30(17-24(2)38(23)45)56-13-9-10-31-32-11-12-33(44)37(36-26(4)46-48(7)27(36)5)40(32)50-25(3)21-49(42(51)41(31)50)34-19-28(22-55-15-14-54-8)18-29-20-35(43(52)53)47(6)39(29)34/h11-12,16-20,25,42,51H,9-10,13-15,21-22H2,1-8H3,(H,52,53)/t25-,42?/m1/s1. The molecule has 3 aromatic heterocycles. The predicted molar refractivity (Wildman–Crippen MR) is 222 cm³/mol. The number of aromatic carboxylic acids is 1. The molecule has 0 amide bonds. The Balaban J connectivity index is 1.38. The highest BCUT2D eigenvalue weighted by Crippen LogP contribution is 2.48. The lowest BCUT2D eigenvalue weighted by Crippen LogP contribution is -2.41. The zero-order valence-electron chi connectivity index (χ0n) is 33.2. The molecule has 1 aliphatic heterocycles. The Morgan fingerprint density at radius 2 is 1.70 bits per heavy atom. The molecule has 2 N–H and O–H groups in total. The minimum atomic E-state index is -1.09. The number of hydrogen-bond donors (Lipinski definition) is 2. The number of ether oxygens (including phenoxy) is 3. The van der Waals surface area contributed by atoms with Gasteiger partial charge < -0.3 is 38.5 Å². The smallest absolute Gasteiger partial charge is 0.352 e. The number of aliphatic hydroxyl groups excluding tert-OH is 1. The van der Waals surface area contributed by atoms with Crippen molar-refractivity contribution in [1.82, 2.24) is 18.9 Å². The van der Waals surface area contributed by atoms with Crippen LogP contribution in [0.4, 0.5) is 5.69 Å². The van der Waals surface area contributed by atoms with E-state index in [-0.39, 0.29) is 11.7 Å². The van der Waals surface area contributed by atoms with E-state index < -0.39 is 12.2 Å². The van der Waals surface area contributed by atoms with Gasteiger partial charge in [0.05, 0.1) is 59.6 Å².